The Labute approximate surface area is 200 Å². The highest BCUT2D eigenvalue weighted by atomic mass is 32.2. The fourth-order valence-corrected chi connectivity index (χ4v) is 6.19. The van der Waals surface area contributed by atoms with Crippen LogP contribution in [0.5, 0.6) is 0 Å². The molecule has 0 saturated carbocycles. The van der Waals surface area contributed by atoms with Gasteiger partial charge >= 0.3 is 0 Å². The van der Waals surface area contributed by atoms with Crippen molar-refractivity contribution in [3.63, 3.8) is 0 Å². The molecule has 2 heterocycles. The van der Waals surface area contributed by atoms with E-state index in [0.717, 1.165) is 22.0 Å². The summed E-state index contributed by atoms with van der Waals surface area (Å²) in [7, 11) is -3.60. The molecule has 1 saturated heterocycles. The number of ether oxygens (including phenoxy) is 1. The van der Waals surface area contributed by atoms with Crippen molar-refractivity contribution in [3.8, 4) is 11.4 Å². The minimum Gasteiger partial charge on any atom is -0.379 e. The van der Waals surface area contributed by atoms with Crippen LogP contribution in [-0.4, -0.2) is 59.5 Å². The summed E-state index contributed by atoms with van der Waals surface area (Å²) in [6.45, 7) is 8.03. The highest BCUT2D eigenvalue weighted by Gasteiger charge is 2.27. The summed E-state index contributed by atoms with van der Waals surface area (Å²) in [6, 6.07) is 17.2. The summed E-state index contributed by atoms with van der Waals surface area (Å²) < 4.78 is 35.4. The molecule has 176 valence electrons. The smallest absolute Gasteiger partial charge is 0.243 e. The monoisotopic (exact) mass is 486 g/mol. The first-order valence-corrected chi connectivity index (χ1v) is 13.6. The predicted molar refractivity (Wildman–Crippen MR) is 131 cm³/mol. The van der Waals surface area contributed by atoms with Crippen molar-refractivity contribution >= 4 is 21.8 Å². The van der Waals surface area contributed by atoms with Gasteiger partial charge in [0.25, 0.3) is 0 Å². The quantitative estimate of drug-likeness (QED) is 0.441. The molecule has 0 bridgehead atoms. The molecule has 0 amide bonds. The lowest BCUT2D eigenvalue weighted by molar-refractivity contribution is 0.0730. The lowest BCUT2D eigenvalue weighted by atomic mass is 10.1. The van der Waals surface area contributed by atoms with Gasteiger partial charge in [0.2, 0.25) is 10.0 Å². The second-order valence-electron chi connectivity index (χ2n) is 8.51. The number of aromatic nitrogens is 3. The molecule has 0 radical (unpaired) electrons. The van der Waals surface area contributed by atoms with Crippen LogP contribution in [0.4, 0.5) is 0 Å². The summed E-state index contributed by atoms with van der Waals surface area (Å²) in [5.74, 6) is 2.10. The fraction of sp³-hybridized carbons (Fsp3) is 0.417. The molecule has 1 aromatic heterocycles. The van der Waals surface area contributed by atoms with Crippen molar-refractivity contribution < 1.29 is 13.2 Å². The normalized spacial score (nSPS) is 16.2. The van der Waals surface area contributed by atoms with Gasteiger partial charge in [-0.25, -0.2) is 8.42 Å². The molecule has 33 heavy (non-hydrogen) atoms. The lowest BCUT2D eigenvalue weighted by Gasteiger charge is -2.26. The Morgan fingerprint density at radius 3 is 2.42 bits per heavy atom. The third kappa shape index (κ3) is 5.32. The average Bonchev–Trinajstić information content (AvgIpc) is 3.27. The molecule has 1 fully saturated rings. The van der Waals surface area contributed by atoms with Gasteiger partial charge in [-0.1, -0.05) is 68.1 Å². The maximum Gasteiger partial charge on any atom is 0.243 e. The second-order valence-corrected chi connectivity index (χ2v) is 11.4. The second kappa shape index (κ2) is 10.4. The molecular weight excluding hydrogens is 456 g/mol. The fourth-order valence-electron chi connectivity index (χ4n) is 3.77. The van der Waals surface area contributed by atoms with Crippen molar-refractivity contribution in [2.75, 3.05) is 32.1 Å². The molecule has 7 nitrogen and oxygen atoms in total. The van der Waals surface area contributed by atoms with Crippen LogP contribution in [0.15, 0.2) is 64.6 Å². The van der Waals surface area contributed by atoms with E-state index in [0.29, 0.717) is 38.0 Å². The summed E-state index contributed by atoms with van der Waals surface area (Å²) in [5, 5.41) is 9.83. The van der Waals surface area contributed by atoms with Crippen LogP contribution in [0, 0.1) is 5.92 Å². The molecule has 1 aliphatic heterocycles. The van der Waals surface area contributed by atoms with Gasteiger partial charge < -0.3 is 4.74 Å². The van der Waals surface area contributed by atoms with Gasteiger partial charge in [-0.2, -0.15) is 4.31 Å². The van der Waals surface area contributed by atoms with E-state index in [1.54, 1.807) is 30.0 Å². The van der Waals surface area contributed by atoms with Crippen LogP contribution in [0.3, 0.4) is 0 Å². The standard InChI is InChI=1S/C24H30N4O3S2/c1-18(2)17-32-24-26-25-23(28(24)19(3)20-8-5-4-6-9-20)21-10-7-11-22(16-21)33(29,30)27-12-14-31-15-13-27/h4-11,16,18-19H,12-15,17H2,1-3H3/t19-/m1/s1. The molecule has 0 spiro atoms. The van der Waals surface area contributed by atoms with Gasteiger partial charge in [-0.05, 0) is 30.5 Å². The van der Waals surface area contributed by atoms with Gasteiger partial charge in [0.15, 0.2) is 11.0 Å². The zero-order valence-electron chi connectivity index (χ0n) is 19.2. The van der Waals surface area contributed by atoms with E-state index in [1.807, 2.05) is 24.3 Å². The zero-order valence-corrected chi connectivity index (χ0v) is 20.8. The van der Waals surface area contributed by atoms with Gasteiger partial charge in [-0.3, -0.25) is 4.57 Å². The van der Waals surface area contributed by atoms with E-state index < -0.39 is 10.0 Å². The molecule has 1 aliphatic rings. The van der Waals surface area contributed by atoms with Crippen LogP contribution in [0.1, 0.15) is 32.4 Å². The van der Waals surface area contributed by atoms with Gasteiger partial charge in [0.05, 0.1) is 24.2 Å². The van der Waals surface area contributed by atoms with E-state index >= 15 is 0 Å². The number of rotatable bonds is 8. The molecular formula is C24H30N4O3S2. The minimum atomic E-state index is -3.60. The number of nitrogens with zero attached hydrogens (tertiary/aromatic N) is 4. The Morgan fingerprint density at radius 1 is 1.00 bits per heavy atom. The number of benzene rings is 2. The third-order valence-electron chi connectivity index (χ3n) is 5.58. The van der Waals surface area contributed by atoms with E-state index in [1.165, 1.54) is 4.31 Å². The van der Waals surface area contributed by atoms with E-state index in [9.17, 15) is 8.42 Å². The largest absolute Gasteiger partial charge is 0.379 e. The maximum absolute atomic E-state index is 13.2. The Bertz CT molecular complexity index is 1170. The Balaban J connectivity index is 1.75. The van der Waals surface area contributed by atoms with Crippen molar-refractivity contribution in [2.45, 2.75) is 36.9 Å². The molecule has 1 atom stereocenters. The first kappa shape index (κ1) is 23.9. The number of morpholine rings is 1. The minimum absolute atomic E-state index is 0.00892. The molecule has 3 aromatic rings. The number of sulfonamides is 1. The Hall–Kier alpha value is -2.20. The van der Waals surface area contributed by atoms with E-state index in [4.69, 9.17) is 4.74 Å². The average molecular weight is 487 g/mol. The zero-order chi connectivity index (χ0) is 23.4. The molecule has 4 rings (SSSR count). The lowest BCUT2D eigenvalue weighted by Crippen LogP contribution is -2.40. The topological polar surface area (TPSA) is 77.3 Å². The predicted octanol–water partition coefficient (Wildman–Crippen LogP) is 4.32. The molecule has 9 heteroatoms. The van der Waals surface area contributed by atoms with Crippen LogP contribution >= 0.6 is 11.8 Å². The number of thioether (sulfide) groups is 1. The van der Waals surface area contributed by atoms with Gasteiger partial charge in [0.1, 0.15) is 0 Å². The van der Waals surface area contributed by atoms with Crippen LogP contribution in [0.2, 0.25) is 0 Å². The van der Waals surface area contributed by atoms with Crippen molar-refractivity contribution in [1.29, 1.82) is 0 Å². The van der Waals surface area contributed by atoms with Gasteiger partial charge in [0, 0.05) is 24.4 Å². The van der Waals surface area contributed by atoms with Crippen LogP contribution in [0.25, 0.3) is 11.4 Å². The van der Waals surface area contributed by atoms with E-state index in [-0.39, 0.29) is 10.9 Å². The Kier molecular flexibility index (Phi) is 7.53. The molecule has 0 N–H and O–H groups in total. The first-order valence-electron chi connectivity index (χ1n) is 11.2. The third-order valence-corrected chi connectivity index (χ3v) is 8.84. The van der Waals surface area contributed by atoms with Crippen LogP contribution < -0.4 is 0 Å². The number of hydrogen-bond acceptors (Lipinski definition) is 6. The summed E-state index contributed by atoms with van der Waals surface area (Å²) in [6.07, 6.45) is 0. The van der Waals surface area contributed by atoms with Crippen molar-refractivity contribution in [3.05, 3.63) is 60.2 Å². The van der Waals surface area contributed by atoms with Crippen LogP contribution in [-0.2, 0) is 14.8 Å². The SMILES string of the molecule is CC(C)CSc1nnc(-c2cccc(S(=O)(=O)N3CCOCC3)c2)n1[C@H](C)c1ccccc1. The summed E-state index contributed by atoms with van der Waals surface area (Å²) >= 11 is 1.68. The summed E-state index contributed by atoms with van der Waals surface area (Å²) in [4.78, 5) is 0.264. The molecule has 2 aromatic carbocycles. The van der Waals surface area contributed by atoms with E-state index in [2.05, 4.69) is 47.7 Å². The maximum atomic E-state index is 13.2. The highest BCUT2D eigenvalue weighted by Crippen LogP contribution is 2.33. The summed E-state index contributed by atoms with van der Waals surface area (Å²) in [5.41, 5.74) is 1.87. The molecule has 0 aliphatic carbocycles. The van der Waals surface area contributed by atoms with Crippen molar-refractivity contribution in [2.24, 2.45) is 5.92 Å². The van der Waals surface area contributed by atoms with Gasteiger partial charge in [-0.15, -0.1) is 10.2 Å². The Morgan fingerprint density at radius 2 is 1.73 bits per heavy atom. The number of hydrogen-bond donors (Lipinski definition) is 0. The highest BCUT2D eigenvalue weighted by molar-refractivity contribution is 7.99. The molecule has 0 unspecified atom stereocenters. The first-order chi connectivity index (χ1) is 15.9. The van der Waals surface area contributed by atoms with Crippen molar-refractivity contribution in [1.82, 2.24) is 19.1 Å².